The van der Waals surface area contributed by atoms with Crippen molar-refractivity contribution in [3.63, 3.8) is 0 Å². The zero-order valence-electron chi connectivity index (χ0n) is 13.6. The van der Waals surface area contributed by atoms with Gasteiger partial charge in [0.05, 0.1) is 11.4 Å². The standard InChI is InChI=1S/C18H14N6OS/c25-17(11-5-6-14-15(9-11)22-23-21-14)19-13-4-2-1-3-12(13)16-10-24-7-8-26-18(24)20-16/h1-6,9-10H,7-8H2,(H,19,25)(H,21,22,23). The third kappa shape index (κ3) is 2.55. The van der Waals surface area contributed by atoms with Gasteiger partial charge in [-0.3, -0.25) is 4.79 Å². The van der Waals surface area contributed by atoms with Crippen LogP contribution in [0.15, 0.2) is 53.8 Å². The maximum absolute atomic E-state index is 12.7. The first kappa shape index (κ1) is 15.2. The first-order valence-corrected chi connectivity index (χ1v) is 9.18. The van der Waals surface area contributed by atoms with Gasteiger partial charge in [0.15, 0.2) is 5.16 Å². The number of anilines is 1. The molecular formula is C18H14N6OS. The quantitative estimate of drug-likeness (QED) is 0.584. The van der Waals surface area contributed by atoms with Crippen LogP contribution >= 0.6 is 11.8 Å². The van der Waals surface area contributed by atoms with Crippen LogP contribution in [-0.4, -0.2) is 36.6 Å². The molecule has 0 bridgehead atoms. The summed E-state index contributed by atoms with van der Waals surface area (Å²) in [5, 5.41) is 14.6. The monoisotopic (exact) mass is 362 g/mol. The van der Waals surface area contributed by atoms with Crippen molar-refractivity contribution in [3.8, 4) is 11.3 Å². The van der Waals surface area contributed by atoms with Gasteiger partial charge >= 0.3 is 0 Å². The van der Waals surface area contributed by atoms with Crippen LogP contribution in [0.5, 0.6) is 0 Å². The fourth-order valence-corrected chi connectivity index (χ4v) is 3.97. The molecule has 5 rings (SSSR count). The predicted octanol–water partition coefficient (Wildman–Crippen LogP) is 3.18. The predicted molar refractivity (Wildman–Crippen MR) is 100 cm³/mol. The van der Waals surface area contributed by atoms with Crippen LogP contribution in [0.4, 0.5) is 5.69 Å². The Hall–Kier alpha value is -3.13. The van der Waals surface area contributed by atoms with E-state index < -0.39 is 0 Å². The number of benzene rings is 2. The highest BCUT2D eigenvalue weighted by molar-refractivity contribution is 7.99. The maximum atomic E-state index is 12.7. The molecule has 0 saturated carbocycles. The lowest BCUT2D eigenvalue weighted by molar-refractivity contribution is 0.102. The zero-order chi connectivity index (χ0) is 17.5. The molecule has 2 aromatic carbocycles. The van der Waals surface area contributed by atoms with Crippen molar-refractivity contribution in [1.82, 2.24) is 25.0 Å². The number of aromatic nitrogens is 5. The molecular weight excluding hydrogens is 348 g/mol. The van der Waals surface area contributed by atoms with Crippen molar-refractivity contribution in [2.75, 3.05) is 11.1 Å². The lowest BCUT2D eigenvalue weighted by Crippen LogP contribution is -2.12. The smallest absolute Gasteiger partial charge is 0.255 e. The Kier molecular flexibility index (Phi) is 3.49. The van der Waals surface area contributed by atoms with Gasteiger partial charge in [-0.1, -0.05) is 30.0 Å². The molecule has 0 radical (unpaired) electrons. The second-order valence-corrected chi connectivity index (χ2v) is 7.04. The molecule has 3 heterocycles. The van der Waals surface area contributed by atoms with Crippen LogP contribution in [0.1, 0.15) is 10.4 Å². The molecule has 128 valence electrons. The van der Waals surface area contributed by atoms with Crippen molar-refractivity contribution in [1.29, 1.82) is 0 Å². The van der Waals surface area contributed by atoms with Gasteiger partial charge in [-0.15, -0.1) is 0 Å². The fraction of sp³-hybridized carbons (Fsp3) is 0.111. The number of fused-ring (bicyclic) bond motifs is 2. The van der Waals surface area contributed by atoms with E-state index in [-0.39, 0.29) is 5.91 Å². The number of rotatable bonds is 3. The Labute approximate surface area is 152 Å². The number of hydrogen-bond acceptors (Lipinski definition) is 5. The van der Waals surface area contributed by atoms with Crippen molar-refractivity contribution in [2.45, 2.75) is 11.7 Å². The fourth-order valence-electron chi connectivity index (χ4n) is 3.03. The Morgan fingerprint density at radius 1 is 1.15 bits per heavy atom. The van der Waals surface area contributed by atoms with Crippen LogP contribution < -0.4 is 5.32 Å². The van der Waals surface area contributed by atoms with Crippen LogP contribution in [-0.2, 0) is 6.54 Å². The Bertz CT molecular complexity index is 1110. The van der Waals surface area contributed by atoms with E-state index in [0.717, 1.165) is 39.9 Å². The summed E-state index contributed by atoms with van der Waals surface area (Å²) in [4.78, 5) is 17.4. The first-order valence-electron chi connectivity index (χ1n) is 8.19. The van der Waals surface area contributed by atoms with Gasteiger partial charge in [0.1, 0.15) is 11.0 Å². The molecule has 0 atom stereocenters. The summed E-state index contributed by atoms with van der Waals surface area (Å²) in [5.41, 5.74) is 4.44. The van der Waals surface area contributed by atoms with Gasteiger partial charge in [-0.25, -0.2) is 4.98 Å². The summed E-state index contributed by atoms with van der Waals surface area (Å²) in [6.45, 7) is 0.971. The second kappa shape index (κ2) is 5.99. The molecule has 1 aliphatic rings. The average molecular weight is 362 g/mol. The Morgan fingerprint density at radius 2 is 2.04 bits per heavy atom. The SMILES string of the molecule is O=C(Nc1ccccc1-c1cn2c(n1)SCC2)c1ccc2n[nH]nc2c1. The number of thioether (sulfide) groups is 1. The van der Waals surface area contributed by atoms with E-state index in [1.54, 1.807) is 30.0 Å². The van der Waals surface area contributed by atoms with Gasteiger partial charge in [0.2, 0.25) is 0 Å². The van der Waals surface area contributed by atoms with Crippen molar-refractivity contribution >= 4 is 34.4 Å². The van der Waals surface area contributed by atoms with E-state index in [1.165, 1.54) is 0 Å². The first-order chi connectivity index (χ1) is 12.8. The largest absolute Gasteiger partial charge is 0.325 e. The number of aromatic amines is 1. The van der Waals surface area contributed by atoms with Crippen molar-refractivity contribution in [2.24, 2.45) is 0 Å². The minimum atomic E-state index is -0.191. The third-order valence-corrected chi connectivity index (χ3v) is 5.30. The van der Waals surface area contributed by atoms with Crippen LogP contribution in [0, 0.1) is 0 Å². The normalized spacial score (nSPS) is 13.1. The Morgan fingerprint density at radius 3 is 2.96 bits per heavy atom. The summed E-state index contributed by atoms with van der Waals surface area (Å²) in [6.07, 6.45) is 2.04. The zero-order valence-corrected chi connectivity index (χ0v) is 14.5. The van der Waals surface area contributed by atoms with Gasteiger partial charge in [-0.2, -0.15) is 15.4 Å². The summed E-state index contributed by atoms with van der Waals surface area (Å²) in [7, 11) is 0. The topological polar surface area (TPSA) is 88.5 Å². The molecule has 4 aromatic rings. The summed E-state index contributed by atoms with van der Waals surface area (Å²) in [5.74, 6) is 0.870. The van der Waals surface area contributed by atoms with Gasteiger partial charge in [-0.05, 0) is 24.3 Å². The molecule has 7 nitrogen and oxygen atoms in total. The molecule has 0 aliphatic carbocycles. The van der Waals surface area contributed by atoms with E-state index in [9.17, 15) is 4.79 Å². The van der Waals surface area contributed by atoms with Crippen LogP contribution in [0.25, 0.3) is 22.3 Å². The van der Waals surface area contributed by atoms with Crippen molar-refractivity contribution < 1.29 is 4.79 Å². The number of carbonyl (C=O) groups is 1. The van der Waals surface area contributed by atoms with Gasteiger partial charge in [0, 0.05) is 29.6 Å². The number of H-pyrrole nitrogens is 1. The van der Waals surface area contributed by atoms with Crippen molar-refractivity contribution in [3.05, 3.63) is 54.2 Å². The summed E-state index contributed by atoms with van der Waals surface area (Å²) < 4.78 is 2.15. The second-order valence-electron chi connectivity index (χ2n) is 5.98. The van der Waals surface area contributed by atoms with Gasteiger partial charge in [0.25, 0.3) is 5.91 Å². The highest BCUT2D eigenvalue weighted by Crippen LogP contribution is 2.32. The van der Waals surface area contributed by atoms with E-state index in [0.29, 0.717) is 11.1 Å². The number of para-hydroxylation sites is 1. The van der Waals surface area contributed by atoms with E-state index in [2.05, 4.69) is 30.3 Å². The molecule has 1 aliphatic heterocycles. The van der Waals surface area contributed by atoms with E-state index >= 15 is 0 Å². The highest BCUT2D eigenvalue weighted by atomic mass is 32.2. The summed E-state index contributed by atoms with van der Waals surface area (Å²) >= 11 is 1.75. The molecule has 8 heteroatoms. The molecule has 0 fully saturated rings. The van der Waals surface area contributed by atoms with Crippen LogP contribution in [0.3, 0.4) is 0 Å². The number of imidazole rings is 1. The molecule has 1 amide bonds. The molecule has 0 saturated heterocycles. The molecule has 2 N–H and O–H groups in total. The Balaban J connectivity index is 1.47. The number of aryl methyl sites for hydroxylation is 1. The van der Waals surface area contributed by atoms with Crippen LogP contribution in [0.2, 0.25) is 0 Å². The molecule has 2 aromatic heterocycles. The third-order valence-electron chi connectivity index (χ3n) is 4.33. The molecule has 0 unspecified atom stereocenters. The number of carbonyl (C=O) groups excluding carboxylic acids is 1. The number of nitrogens with zero attached hydrogens (tertiary/aromatic N) is 4. The van der Waals surface area contributed by atoms with E-state index in [1.807, 2.05) is 30.5 Å². The highest BCUT2D eigenvalue weighted by Gasteiger charge is 2.18. The maximum Gasteiger partial charge on any atom is 0.255 e. The molecule has 26 heavy (non-hydrogen) atoms. The minimum Gasteiger partial charge on any atom is -0.325 e. The minimum absolute atomic E-state index is 0.191. The lowest BCUT2D eigenvalue weighted by atomic mass is 10.1. The number of nitrogens with one attached hydrogen (secondary N) is 2. The molecule has 0 spiro atoms. The number of amides is 1. The lowest BCUT2D eigenvalue weighted by Gasteiger charge is -2.09. The van der Waals surface area contributed by atoms with Gasteiger partial charge < -0.3 is 9.88 Å². The number of hydrogen-bond donors (Lipinski definition) is 2. The summed E-state index contributed by atoms with van der Waals surface area (Å²) in [6, 6.07) is 12.9. The van der Waals surface area contributed by atoms with E-state index in [4.69, 9.17) is 0 Å². The average Bonchev–Trinajstić information content (AvgIpc) is 3.37.